The molecule has 0 saturated carbocycles. The SMILES string of the molecule is CCOc1ccccc1-c1noc(Cn2nnc(-c3cccc(F)c3)n2)n1. The maximum absolute atomic E-state index is 13.3. The number of benzene rings is 2. The van der Waals surface area contributed by atoms with Crippen LogP contribution in [-0.2, 0) is 6.54 Å². The van der Waals surface area contributed by atoms with Gasteiger partial charge < -0.3 is 9.26 Å². The molecule has 0 radical (unpaired) electrons. The summed E-state index contributed by atoms with van der Waals surface area (Å²) < 4.78 is 24.2. The number of para-hydroxylation sites is 1. The average molecular weight is 366 g/mol. The van der Waals surface area contributed by atoms with Gasteiger partial charge in [-0.05, 0) is 36.4 Å². The number of rotatable bonds is 6. The van der Waals surface area contributed by atoms with Crippen molar-refractivity contribution in [1.29, 1.82) is 0 Å². The van der Waals surface area contributed by atoms with E-state index in [-0.39, 0.29) is 12.4 Å². The Kier molecular flexibility index (Phi) is 4.56. The summed E-state index contributed by atoms with van der Waals surface area (Å²) >= 11 is 0. The van der Waals surface area contributed by atoms with Gasteiger partial charge in [-0.15, -0.1) is 10.2 Å². The van der Waals surface area contributed by atoms with Crippen LogP contribution >= 0.6 is 0 Å². The molecule has 0 fully saturated rings. The highest BCUT2D eigenvalue weighted by molar-refractivity contribution is 5.63. The van der Waals surface area contributed by atoms with Crippen LogP contribution in [0.3, 0.4) is 0 Å². The summed E-state index contributed by atoms with van der Waals surface area (Å²) in [6.07, 6.45) is 0. The zero-order valence-electron chi connectivity index (χ0n) is 14.4. The van der Waals surface area contributed by atoms with Gasteiger partial charge in [0.15, 0.2) is 0 Å². The molecule has 0 spiro atoms. The molecule has 0 bridgehead atoms. The van der Waals surface area contributed by atoms with Gasteiger partial charge in [0, 0.05) is 5.56 Å². The van der Waals surface area contributed by atoms with Crippen molar-refractivity contribution in [1.82, 2.24) is 30.3 Å². The van der Waals surface area contributed by atoms with Gasteiger partial charge in [-0.3, -0.25) is 0 Å². The van der Waals surface area contributed by atoms with Crippen LogP contribution in [0, 0.1) is 5.82 Å². The zero-order chi connectivity index (χ0) is 18.6. The largest absolute Gasteiger partial charge is 0.493 e. The lowest BCUT2D eigenvalue weighted by atomic mass is 10.2. The molecule has 4 rings (SSSR count). The number of hydrogen-bond acceptors (Lipinski definition) is 7. The van der Waals surface area contributed by atoms with E-state index in [9.17, 15) is 4.39 Å². The molecule has 2 aromatic carbocycles. The van der Waals surface area contributed by atoms with Crippen LogP contribution in [0.4, 0.5) is 4.39 Å². The molecule has 2 aromatic heterocycles. The average Bonchev–Trinajstić information content (AvgIpc) is 3.33. The standard InChI is InChI=1S/C18H15FN6O2/c1-2-26-15-9-4-3-8-14(15)18-20-16(27-23-18)11-25-22-17(21-24-25)12-6-5-7-13(19)10-12/h3-10H,2,11H2,1H3. The summed E-state index contributed by atoms with van der Waals surface area (Å²) in [5, 5.41) is 16.1. The minimum Gasteiger partial charge on any atom is -0.493 e. The fourth-order valence-electron chi connectivity index (χ4n) is 2.54. The number of ether oxygens (including phenoxy) is 1. The molecule has 4 aromatic rings. The van der Waals surface area contributed by atoms with E-state index in [2.05, 4.69) is 25.6 Å². The molecule has 0 unspecified atom stereocenters. The van der Waals surface area contributed by atoms with Crippen molar-refractivity contribution >= 4 is 0 Å². The van der Waals surface area contributed by atoms with Crippen molar-refractivity contribution in [3.05, 3.63) is 60.2 Å². The summed E-state index contributed by atoms with van der Waals surface area (Å²) in [6, 6.07) is 13.4. The predicted molar refractivity (Wildman–Crippen MR) is 93.2 cm³/mol. The van der Waals surface area contributed by atoms with Crippen LogP contribution in [0.25, 0.3) is 22.8 Å². The minimum atomic E-state index is -0.363. The molecule has 0 N–H and O–H groups in total. The highest BCUT2D eigenvalue weighted by Gasteiger charge is 2.15. The third-order valence-corrected chi connectivity index (χ3v) is 3.71. The van der Waals surface area contributed by atoms with Gasteiger partial charge >= 0.3 is 0 Å². The van der Waals surface area contributed by atoms with Crippen LogP contribution in [0.1, 0.15) is 12.8 Å². The Balaban J connectivity index is 1.54. The van der Waals surface area contributed by atoms with Gasteiger partial charge in [-0.2, -0.15) is 9.78 Å². The first kappa shape index (κ1) is 16.8. The molecule has 0 amide bonds. The second-order valence-electron chi connectivity index (χ2n) is 5.59. The first-order valence-corrected chi connectivity index (χ1v) is 8.31. The molecule has 0 atom stereocenters. The van der Waals surface area contributed by atoms with Crippen molar-refractivity contribution in [2.75, 3.05) is 6.61 Å². The topological polar surface area (TPSA) is 91.8 Å². The lowest BCUT2D eigenvalue weighted by Crippen LogP contribution is -2.04. The fraction of sp³-hybridized carbons (Fsp3) is 0.167. The molecule has 2 heterocycles. The smallest absolute Gasteiger partial charge is 0.250 e. The normalized spacial score (nSPS) is 10.9. The van der Waals surface area contributed by atoms with Crippen molar-refractivity contribution in [2.45, 2.75) is 13.5 Å². The van der Waals surface area contributed by atoms with Crippen LogP contribution in [-0.4, -0.2) is 37.0 Å². The number of tetrazole rings is 1. The molecule has 8 nitrogen and oxygen atoms in total. The first-order valence-electron chi connectivity index (χ1n) is 8.31. The molecule has 0 aliphatic rings. The lowest BCUT2D eigenvalue weighted by Gasteiger charge is -2.05. The summed E-state index contributed by atoms with van der Waals surface area (Å²) in [7, 11) is 0. The fourth-order valence-corrected chi connectivity index (χ4v) is 2.54. The Morgan fingerprint density at radius 1 is 1.11 bits per heavy atom. The van der Waals surface area contributed by atoms with Crippen molar-refractivity contribution in [2.24, 2.45) is 0 Å². The molecule has 27 heavy (non-hydrogen) atoms. The summed E-state index contributed by atoms with van der Waals surface area (Å²) in [5.74, 6) is 1.37. The number of nitrogens with zero attached hydrogens (tertiary/aromatic N) is 6. The quantitative estimate of drug-likeness (QED) is 0.518. The minimum absolute atomic E-state index is 0.145. The van der Waals surface area contributed by atoms with Crippen molar-refractivity contribution in [3.63, 3.8) is 0 Å². The maximum atomic E-state index is 13.3. The number of aromatic nitrogens is 6. The maximum Gasteiger partial charge on any atom is 0.250 e. The Labute approximate surface area is 153 Å². The van der Waals surface area contributed by atoms with E-state index in [0.29, 0.717) is 35.5 Å². The Morgan fingerprint density at radius 2 is 2.00 bits per heavy atom. The van der Waals surface area contributed by atoms with E-state index >= 15 is 0 Å². The molecule has 0 aliphatic carbocycles. The van der Waals surface area contributed by atoms with E-state index in [4.69, 9.17) is 9.26 Å². The Hall–Kier alpha value is -3.62. The van der Waals surface area contributed by atoms with E-state index in [1.54, 1.807) is 12.1 Å². The highest BCUT2D eigenvalue weighted by atomic mass is 19.1. The molecular weight excluding hydrogens is 351 g/mol. The van der Waals surface area contributed by atoms with E-state index < -0.39 is 0 Å². The summed E-state index contributed by atoms with van der Waals surface area (Å²) in [4.78, 5) is 5.68. The molecule has 136 valence electrons. The zero-order valence-corrected chi connectivity index (χ0v) is 14.4. The Bertz CT molecular complexity index is 1060. The molecular formula is C18H15FN6O2. The first-order chi connectivity index (χ1) is 13.2. The second-order valence-corrected chi connectivity index (χ2v) is 5.59. The van der Waals surface area contributed by atoms with E-state index in [1.165, 1.54) is 16.9 Å². The number of hydrogen-bond donors (Lipinski definition) is 0. The monoisotopic (exact) mass is 366 g/mol. The van der Waals surface area contributed by atoms with Gasteiger partial charge in [-0.1, -0.05) is 29.4 Å². The predicted octanol–water partition coefficient (Wildman–Crippen LogP) is 2.98. The van der Waals surface area contributed by atoms with Gasteiger partial charge in [0.25, 0.3) is 5.89 Å². The van der Waals surface area contributed by atoms with Crippen molar-refractivity contribution in [3.8, 4) is 28.5 Å². The molecule has 0 aliphatic heterocycles. The van der Waals surface area contributed by atoms with Gasteiger partial charge in [-0.25, -0.2) is 4.39 Å². The van der Waals surface area contributed by atoms with Gasteiger partial charge in [0.2, 0.25) is 11.6 Å². The number of halogens is 1. The van der Waals surface area contributed by atoms with Gasteiger partial charge in [0.1, 0.15) is 18.1 Å². The lowest BCUT2D eigenvalue weighted by molar-refractivity contribution is 0.340. The van der Waals surface area contributed by atoms with Crippen molar-refractivity contribution < 1.29 is 13.7 Å². The highest BCUT2D eigenvalue weighted by Crippen LogP contribution is 2.27. The van der Waals surface area contributed by atoms with E-state index in [1.807, 2.05) is 31.2 Å². The van der Waals surface area contributed by atoms with Crippen LogP contribution in [0.2, 0.25) is 0 Å². The van der Waals surface area contributed by atoms with Crippen LogP contribution in [0.15, 0.2) is 53.1 Å². The second kappa shape index (κ2) is 7.32. The third-order valence-electron chi connectivity index (χ3n) is 3.71. The van der Waals surface area contributed by atoms with Gasteiger partial charge in [0.05, 0.1) is 12.2 Å². The summed E-state index contributed by atoms with van der Waals surface area (Å²) in [5.41, 5.74) is 1.28. The third kappa shape index (κ3) is 3.66. The van der Waals surface area contributed by atoms with Crippen LogP contribution < -0.4 is 4.74 Å². The summed E-state index contributed by atoms with van der Waals surface area (Å²) in [6.45, 7) is 2.59. The van der Waals surface area contributed by atoms with Crippen LogP contribution in [0.5, 0.6) is 5.75 Å². The Morgan fingerprint density at radius 3 is 2.85 bits per heavy atom. The van der Waals surface area contributed by atoms with E-state index in [0.717, 1.165) is 5.56 Å². The molecule has 9 heteroatoms. The molecule has 0 saturated heterocycles.